The molecule has 0 unspecified atom stereocenters. The number of ether oxygens (including phenoxy) is 1. The molecule has 2 saturated carbocycles. The first-order chi connectivity index (χ1) is 12.5. The van der Waals surface area contributed by atoms with Crippen molar-refractivity contribution in [1.29, 1.82) is 0 Å². The number of benzene rings is 1. The Morgan fingerprint density at radius 1 is 0.923 bits per heavy atom. The van der Waals surface area contributed by atoms with E-state index in [4.69, 9.17) is 4.74 Å². The summed E-state index contributed by atoms with van der Waals surface area (Å²) in [5.41, 5.74) is 0. The van der Waals surface area contributed by atoms with Crippen molar-refractivity contribution in [1.82, 2.24) is 0 Å². The van der Waals surface area contributed by atoms with Crippen LogP contribution in [0.3, 0.4) is 0 Å². The first kappa shape index (κ1) is 19.2. The van der Waals surface area contributed by atoms with Gasteiger partial charge >= 0.3 is 5.97 Å². The van der Waals surface area contributed by atoms with E-state index in [1.807, 2.05) is 0 Å². The highest BCUT2D eigenvalue weighted by Gasteiger charge is 2.33. The Kier molecular flexibility index (Phi) is 6.25. The van der Waals surface area contributed by atoms with Crippen LogP contribution in [-0.2, 0) is 4.79 Å². The number of esters is 1. The minimum Gasteiger partial charge on any atom is -0.426 e. The van der Waals surface area contributed by atoms with Gasteiger partial charge in [0.2, 0.25) is 0 Å². The van der Waals surface area contributed by atoms with Crippen molar-refractivity contribution in [2.75, 3.05) is 0 Å². The molecule has 2 nitrogen and oxygen atoms in total. The maximum Gasteiger partial charge on any atom is 0.314 e. The standard InChI is InChI=1S/C21H27F3O2/c1-2-13-3-5-14(6-4-13)15-7-9-16(10-8-15)21(25)26-17-11-18(22)20(24)19(23)12-17/h11-16H,2-10H2,1H3. The number of hydrogen-bond acceptors (Lipinski definition) is 2. The van der Waals surface area contributed by atoms with E-state index < -0.39 is 23.4 Å². The van der Waals surface area contributed by atoms with Gasteiger partial charge in [-0.05, 0) is 56.3 Å². The second-order valence-corrected chi connectivity index (χ2v) is 7.92. The molecule has 1 aromatic rings. The van der Waals surface area contributed by atoms with Crippen molar-refractivity contribution in [3.63, 3.8) is 0 Å². The van der Waals surface area contributed by atoms with Crippen LogP contribution in [-0.4, -0.2) is 5.97 Å². The minimum atomic E-state index is -1.55. The lowest BCUT2D eigenvalue weighted by atomic mass is 9.69. The molecule has 0 radical (unpaired) electrons. The lowest BCUT2D eigenvalue weighted by Gasteiger charge is -2.37. The molecule has 0 spiro atoms. The molecule has 5 heteroatoms. The molecule has 2 fully saturated rings. The Bertz CT molecular complexity index is 607. The molecule has 2 aliphatic carbocycles. The monoisotopic (exact) mass is 368 g/mol. The largest absolute Gasteiger partial charge is 0.426 e. The topological polar surface area (TPSA) is 26.3 Å². The van der Waals surface area contributed by atoms with Crippen molar-refractivity contribution < 1.29 is 22.7 Å². The molecule has 0 saturated heterocycles. The van der Waals surface area contributed by atoms with Crippen LogP contribution in [0.25, 0.3) is 0 Å². The summed E-state index contributed by atoms with van der Waals surface area (Å²) >= 11 is 0. The molecule has 0 heterocycles. The SMILES string of the molecule is CCC1CCC(C2CCC(C(=O)Oc3cc(F)c(F)c(F)c3)CC2)CC1. The highest BCUT2D eigenvalue weighted by Crippen LogP contribution is 2.42. The first-order valence-corrected chi connectivity index (χ1v) is 9.84. The van der Waals surface area contributed by atoms with Gasteiger partial charge in [-0.15, -0.1) is 0 Å². The zero-order chi connectivity index (χ0) is 18.7. The molecule has 0 bridgehead atoms. The normalized spacial score (nSPS) is 29.4. The van der Waals surface area contributed by atoms with Crippen molar-refractivity contribution in [2.24, 2.45) is 23.7 Å². The molecule has 0 amide bonds. The summed E-state index contributed by atoms with van der Waals surface area (Å²) in [7, 11) is 0. The zero-order valence-electron chi connectivity index (χ0n) is 15.3. The molecule has 0 atom stereocenters. The van der Waals surface area contributed by atoms with E-state index >= 15 is 0 Å². The van der Waals surface area contributed by atoms with Crippen LogP contribution in [0.1, 0.15) is 64.7 Å². The van der Waals surface area contributed by atoms with Crippen LogP contribution >= 0.6 is 0 Å². The third-order valence-electron chi connectivity index (χ3n) is 6.42. The summed E-state index contributed by atoms with van der Waals surface area (Å²) in [6.45, 7) is 2.26. The van der Waals surface area contributed by atoms with Gasteiger partial charge < -0.3 is 4.74 Å². The van der Waals surface area contributed by atoms with Gasteiger partial charge in [-0.1, -0.05) is 26.2 Å². The van der Waals surface area contributed by atoms with Gasteiger partial charge in [0.25, 0.3) is 0 Å². The van der Waals surface area contributed by atoms with Gasteiger partial charge in [-0.2, -0.15) is 0 Å². The highest BCUT2D eigenvalue weighted by molar-refractivity contribution is 5.75. The van der Waals surface area contributed by atoms with Crippen LogP contribution in [0, 0.1) is 41.1 Å². The van der Waals surface area contributed by atoms with E-state index in [2.05, 4.69) is 6.92 Å². The van der Waals surface area contributed by atoms with Crippen LogP contribution < -0.4 is 4.74 Å². The third kappa shape index (κ3) is 4.41. The lowest BCUT2D eigenvalue weighted by molar-refractivity contribution is -0.140. The van der Waals surface area contributed by atoms with Crippen LogP contribution in [0.15, 0.2) is 12.1 Å². The minimum absolute atomic E-state index is 0.241. The van der Waals surface area contributed by atoms with Crippen LogP contribution in [0.2, 0.25) is 0 Å². The molecule has 0 aliphatic heterocycles. The molecule has 0 aromatic heterocycles. The number of hydrogen-bond donors (Lipinski definition) is 0. The molecule has 1 aromatic carbocycles. The molecule has 2 aliphatic rings. The predicted octanol–water partition coefficient (Wildman–Crippen LogP) is 6.03. The summed E-state index contributed by atoms with van der Waals surface area (Å²) in [5, 5.41) is 0. The van der Waals surface area contributed by atoms with Gasteiger partial charge in [0.05, 0.1) is 5.92 Å². The Hall–Kier alpha value is -1.52. The maximum atomic E-state index is 13.2. The average Bonchev–Trinajstić information content (AvgIpc) is 2.66. The fraction of sp³-hybridized carbons (Fsp3) is 0.667. The second-order valence-electron chi connectivity index (χ2n) is 7.92. The van der Waals surface area contributed by atoms with Gasteiger partial charge in [0, 0.05) is 12.1 Å². The number of halogens is 3. The zero-order valence-corrected chi connectivity index (χ0v) is 15.3. The molecular weight excluding hydrogens is 341 g/mol. The molecule has 26 heavy (non-hydrogen) atoms. The second kappa shape index (κ2) is 8.45. The third-order valence-corrected chi connectivity index (χ3v) is 6.42. The van der Waals surface area contributed by atoms with E-state index in [1.54, 1.807) is 0 Å². The number of rotatable bonds is 4. The van der Waals surface area contributed by atoms with E-state index in [1.165, 1.54) is 32.1 Å². The molecule has 0 N–H and O–H groups in total. The first-order valence-electron chi connectivity index (χ1n) is 9.84. The van der Waals surface area contributed by atoms with Crippen molar-refractivity contribution in [3.8, 4) is 5.75 Å². The van der Waals surface area contributed by atoms with Crippen LogP contribution in [0.5, 0.6) is 5.75 Å². The highest BCUT2D eigenvalue weighted by atomic mass is 19.2. The summed E-state index contributed by atoms with van der Waals surface area (Å²) in [5.74, 6) is -2.90. The van der Waals surface area contributed by atoms with E-state index in [-0.39, 0.29) is 11.7 Å². The fourth-order valence-corrected chi connectivity index (χ4v) is 4.68. The number of carbonyl (C=O) groups is 1. The quantitative estimate of drug-likeness (QED) is 0.368. The van der Waals surface area contributed by atoms with Gasteiger partial charge in [-0.3, -0.25) is 4.79 Å². The Balaban J connectivity index is 1.49. The molecule has 144 valence electrons. The van der Waals surface area contributed by atoms with E-state index in [9.17, 15) is 18.0 Å². The summed E-state index contributed by atoms with van der Waals surface area (Å²) in [4.78, 5) is 12.3. The number of carbonyl (C=O) groups excluding carboxylic acids is 1. The maximum absolute atomic E-state index is 13.2. The Morgan fingerprint density at radius 3 is 1.92 bits per heavy atom. The summed E-state index contributed by atoms with van der Waals surface area (Å²) in [6.07, 6.45) is 10.0. The summed E-state index contributed by atoms with van der Waals surface area (Å²) in [6, 6.07) is 1.43. The van der Waals surface area contributed by atoms with E-state index in [0.717, 1.165) is 37.5 Å². The van der Waals surface area contributed by atoms with Gasteiger partial charge in [-0.25, -0.2) is 13.2 Å². The lowest BCUT2D eigenvalue weighted by Crippen LogP contribution is -2.30. The molecule has 3 rings (SSSR count). The average molecular weight is 368 g/mol. The fourth-order valence-electron chi connectivity index (χ4n) is 4.68. The Morgan fingerprint density at radius 2 is 1.42 bits per heavy atom. The van der Waals surface area contributed by atoms with Crippen molar-refractivity contribution >= 4 is 5.97 Å². The Labute approximate surface area is 153 Å². The van der Waals surface area contributed by atoms with Gasteiger partial charge in [0.1, 0.15) is 5.75 Å². The smallest absolute Gasteiger partial charge is 0.314 e. The van der Waals surface area contributed by atoms with Crippen LogP contribution in [0.4, 0.5) is 13.2 Å². The predicted molar refractivity (Wildman–Crippen MR) is 93.1 cm³/mol. The van der Waals surface area contributed by atoms with E-state index in [0.29, 0.717) is 18.1 Å². The van der Waals surface area contributed by atoms with Crippen molar-refractivity contribution in [2.45, 2.75) is 64.7 Å². The molecular formula is C21H27F3O2. The van der Waals surface area contributed by atoms with Crippen molar-refractivity contribution in [3.05, 3.63) is 29.6 Å². The van der Waals surface area contributed by atoms with Gasteiger partial charge in [0.15, 0.2) is 17.5 Å². The summed E-state index contributed by atoms with van der Waals surface area (Å²) < 4.78 is 44.5.